The van der Waals surface area contributed by atoms with Crippen LogP contribution in [0.15, 0.2) is 36.5 Å². The van der Waals surface area contributed by atoms with E-state index in [-0.39, 0.29) is 12.4 Å². The highest BCUT2D eigenvalue weighted by Crippen LogP contribution is 2.33. The Hall–Kier alpha value is -2.75. The molecule has 0 bridgehead atoms. The van der Waals surface area contributed by atoms with Crippen LogP contribution in [0.4, 0.5) is 10.6 Å². The number of carbonyl (C=O) groups is 1. The number of hydrogen-bond acceptors (Lipinski definition) is 8. The molecule has 194 valence electrons. The predicted molar refractivity (Wildman–Crippen MR) is 142 cm³/mol. The van der Waals surface area contributed by atoms with Crippen LogP contribution >= 0.6 is 11.3 Å². The van der Waals surface area contributed by atoms with Gasteiger partial charge < -0.3 is 18.9 Å². The summed E-state index contributed by atoms with van der Waals surface area (Å²) in [5.41, 5.74) is 1.21. The number of amides is 1. The monoisotopic (exact) mass is 513 g/mol. The van der Waals surface area contributed by atoms with Gasteiger partial charge in [-0.05, 0) is 76.8 Å². The standard InChI is InChI=1S/C27H35N3O5S/c1-6-19(34-24-9-7-8-14-32-24)17-33-20-11-12-21-22(15-20)36-25(29-21)18-10-13-23(28-16-18)30(5)26(31)35-27(2,3)4/h10-13,15-16,19,24H,6-9,14,17H2,1-5H3/t19-,24?/m1/s1. The van der Waals surface area contributed by atoms with Gasteiger partial charge in [-0.1, -0.05) is 6.92 Å². The average molecular weight is 514 g/mol. The molecule has 0 radical (unpaired) electrons. The van der Waals surface area contributed by atoms with E-state index in [9.17, 15) is 4.79 Å². The van der Waals surface area contributed by atoms with E-state index < -0.39 is 11.7 Å². The fourth-order valence-electron chi connectivity index (χ4n) is 3.73. The van der Waals surface area contributed by atoms with Crippen LogP contribution in [0.25, 0.3) is 20.8 Å². The number of anilines is 1. The van der Waals surface area contributed by atoms with Crippen molar-refractivity contribution in [1.29, 1.82) is 0 Å². The number of thiazole rings is 1. The topological polar surface area (TPSA) is 83.0 Å². The molecular formula is C27H35N3O5S. The zero-order valence-corrected chi connectivity index (χ0v) is 22.5. The quantitative estimate of drug-likeness (QED) is 0.343. The van der Waals surface area contributed by atoms with Gasteiger partial charge in [-0.15, -0.1) is 11.3 Å². The van der Waals surface area contributed by atoms with Crippen molar-refractivity contribution >= 4 is 33.5 Å². The third-order valence-electron chi connectivity index (χ3n) is 5.74. The molecule has 0 spiro atoms. The summed E-state index contributed by atoms with van der Waals surface area (Å²) in [7, 11) is 1.64. The summed E-state index contributed by atoms with van der Waals surface area (Å²) in [5.74, 6) is 1.30. The number of pyridine rings is 1. The minimum Gasteiger partial charge on any atom is -0.491 e. The van der Waals surface area contributed by atoms with E-state index in [0.29, 0.717) is 12.4 Å². The van der Waals surface area contributed by atoms with Gasteiger partial charge in [0.25, 0.3) is 0 Å². The number of fused-ring (bicyclic) bond motifs is 1. The molecule has 0 aliphatic carbocycles. The van der Waals surface area contributed by atoms with Gasteiger partial charge in [-0.25, -0.2) is 14.8 Å². The summed E-state index contributed by atoms with van der Waals surface area (Å²) >= 11 is 1.57. The lowest BCUT2D eigenvalue weighted by Gasteiger charge is -2.27. The van der Waals surface area contributed by atoms with Gasteiger partial charge in [-0.2, -0.15) is 0 Å². The lowest BCUT2D eigenvalue weighted by molar-refractivity contribution is -0.193. The second kappa shape index (κ2) is 11.5. The third kappa shape index (κ3) is 6.93. The second-order valence-electron chi connectivity index (χ2n) is 9.87. The summed E-state index contributed by atoms with van der Waals surface area (Å²) in [6, 6.07) is 9.62. The first-order chi connectivity index (χ1) is 17.2. The average Bonchev–Trinajstić information content (AvgIpc) is 3.29. The van der Waals surface area contributed by atoms with Crippen LogP contribution in [0.2, 0.25) is 0 Å². The van der Waals surface area contributed by atoms with Gasteiger partial charge in [0.1, 0.15) is 28.8 Å². The van der Waals surface area contributed by atoms with Crippen molar-refractivity contribution < 1.29 is 23.7 Å². The molecule has 1 aliphatic rings. The molecule has 2 atom stereocenters. The molecule has 9 heteroatoms. The van der Waals surface area contributed by atoms with Crippen molar-refractivity contribution in [2.24, 2.45) is 0 Å². The fraction of sp³-hybridized carbons (Fsp3) is 0.519. The Morgan fingerprint density at radius 3 is 2.75 bits per heavy atom. The number of aromatic nitrogens is 2. The third-order valence-corrected chi connectivity index (χ3v) is 6.81. The molecule has 1 aromatic carbocycles. The lowest BCUT2D eigenvalue weighted by Crippen LogP contribution is -2.34. The molecule has 36 heavy (non-hydrogen) atoms. The van der Waals surface area contributed by atoms with Crippen molar-refractivity contribution in [3.05, 3.63) is 36.5 Å². The van der Waals surface area contributed by atoms with Gasteiger partial charge in [0.2, 0.25) is 0 Å². The Kier molecular flexibility index (Phi) is 8.43. The molecule has 4 rings (SSSR count). The number of benzene rings is 1. The number of carbonyl (C=O) groups excluding carboxylic acids is 1. The molecule has 3 aromatic rings. The molecule has 1 fully saturated rings. The largest absolute Gasteiger partial charge is 0.491 e. The van der Waals surface area contributed by atoms with Crippen LogP contribution in [0, 0.1) is 0 Å². The zero-order valence-electron chi connectivity index (χ0n) is 21.7. The molecule has 1 saturated heterocycles. The highest BCUT2D eigenvalue weighted by molar-refractivity contribution is 7.21. The Bertz CT molecular complexity index is 1150. The minimum atomic E-state index is -0.566. The molecule has 2 aromatic heterocycles. The maximum Gasteiger partial charge on any atom is 0.415 e. The molecule has 1 amide bonds. The van der Waals surface area contributed by atoms with Crippen LogP contribution in [0.3, 0.4) is 0 Å². The van der Waals surface area contributed by atoms with Crippen molar-refractivity contribution in [3.8, 4) is 16.3 Å². The number of rotatable bonds is 8. The summed E-state index contributed by atoms with van der Waals surface area (Å²) in [6.07, 6.45) is 5.20. The maximum absolute atomic E-state index is 12.3. The SMILES string of the molecule is CC[C@H](COc1ccc2nc(-c3ccc(N(C)C(=O)OC(C)(C)C)nc3)sc2c1)OC1CCCCO1. The summed E-state index contributed by atoms with van der Waals surface area (Å²) in [4.78, 5) is 22.9. The van der Waals surface area contributed by atoms with E-state index in [2.05, 4.69) is 11.9 Å². The summed E-state index contributed by atoms with van der Waals surface area (Å²) in [5, 5.41) is 0.852. The van der Waals surface area contributed by atoms with Crippen LogP contribution < -0.4 is 9.64 Å². The van der Waals surface area contributed by atoms with E-state index in [0.717, 1.165) is 58.8 Å². The predicted octanol–water partition coefficient (Wildman–Crippen LogP) is 6.43. The molecule has 0 saturated carbocycles. The van der Waals surface area contributed by atoms with E-state index >= 15 is 0 Å². The first kappa shape index (κ1) is 26.3. The fourth-order valence-corrected chi connectivity index (χ4v) is 4.71. The van der Waals surface area contributed by atoms with Gasteiger partial charge in [0, 0.05) is 25.4 Å². The highest BCUT2D eigenvalue weighted by atomic mass is 32.1. The van der Waals surface area contributed by atoms with Crippen molar-refractivity contribution in [2.45, 2.75) is 71.4 Å². The van der Waals surface area contributed by atoms with Crippen LogP contribution in [0.1, 0.15) is 53.4 Å². The van der Waals surface area contributed by atoms with Crippen LogP contribution in [-0.4, -0.2) is 54.3 Å². The van der Waals surface area contributed by atoms with E-state index in [1.54, 1.807) is 30.6 Å². The smallest absolute Gasteiger partial charge is 0.415 e. The molecule has 1 aliphatic heterocycles. The van der Waals surface area contributed by atoms with E-state index in [1.165, 1.54) is 4.90 Å². The van der Waals surface area contributed by atoms with Crippen molar-refractivity contribution in [2.75, 3.05) is 25.2 Å². The second-order valence-corrected chi connectivity index (χ2v) is 10.9. The van der Waals surface area contributed by atoms with Gasteiger partial charge in [-0.3, -0.25) is 4.90 Å². The zero-order chi connectivity index (χ0) is 25.7. The Morgan fingerprint density at radius 2 is 2.08 bits per heavy atom. The highest BCUT2D eigenvalue weighted by Gasteiger charge is 2.22. The number of hydrogen-bond donors (Lipinski definition) is 0. The lowest BCUT2D eigenvalue weighted by atomic mass is 10.2. The molecule has 8 nitrogen and oxygen atoms in total. The van der Waals surface area contributed by atoms with Crippen LogP contribution in [0.5, 0.6) is 5.75 Å². The first-order valence-electron chi connectivity index (χ1n) is 12.5. The van der Waals surface area contributed by atoms with Gasteiger partial charge in [0.15, 0.2) is 6.29 Å². The van der Waals surface area contributed by atoms with Gasteiger partial charge in [0.05, 0.1) is 16.3 Å². The van der Waals surface area contributed by atoms with E-state index in [1.807, 2.05) is 45.0 Å². The van der Waals surface area contributed by atoms with Crippen molar-refractivity contribution in [3.63, 3.8) is 0 Å². The summed E-state index contributed by atoms with van der Waals surface area (Å²) in [6.45, 7) is 8.85. The minimum absolute atomic E-state index is 0.00998. The summed E-state index contributed by atoms with van der Waals surface area (Å²) < 4.78 is 24.3. The van der Waals surface area contributed by atoms with E-state index in [4.69, 9.17) is 23.9 Å². The van der Waals surface area contributed by atoms with Crippen molar-refractivity contribution in [1.82, 2.24) is 9.97 Å². The molecular weight excluding hydrogens is 478 g/mol. The normalized spacial score (nSPS) is 17.1. The maximum atomic E-state index is 12.3. The molecule has 3 heterocycles. The first-order valence-corrected chi connectivity index (χ1v) is 13.3. The Balaban J connectivity index is 1.39. The molecule has 0 N–H and O–H groups in total. The van der Waals surface area contributed by atoms with Crippen LogP contribution in [-0.2, 0) is 14.2 Å². The number of ether oxygens (including phenoxy) is 4. The molecule has 1 unspecified atom stereocenters. The number of nitrogens with zero attached hydrogens (tertiary/aromatic N) is 3. The van der Waals surface area contributed by atoms with Gasteiger partial charge >= 0.3 is 6.09 Å². The Morgan fingerprint density at radius 1 is 1.25 bits per heavy atom. The Labute approximate surface area is 216 Å².